The molecule has 0 heterocycles. The summed E-state index contributed by atoms with van der Waals surface area (Å²) < 4.78 is 5.33. The van der Waals surface area contributed by atoms with Crippen molar-refractivity contribution in [3.63, 3.8) is 0 Å². The van der Waals surface area contributed by atoms with Crippen LogP contribution in [-0.2, 0) is 14.9 Å². The van der Waals surface area contributed by atoms with Crippen molar-refractivity contribution in [1.82, 2.24) is 0 Å². The minimum Gasteiger partial charge on any atom is -0.465 e. The minimum absolute atomic E-state index is 0.130. The molecule has 0 aromatic heterocycles. The fraction of sp³-hybridized carbons (Fsp3) is 0.471. The highest BCUT2D eigenvalue weighted by Crippen LogP contribution is 2.38. The van der Waals surface area contributed by atoms with Crippen LogP contribution in [0.2, 0.25) is 0 Å². The number of benzene rings is 1. The van der Waals surface area contributed by atoms with Crippen LogP contribution in [0.3, 0.4) is 0 Å². The fourth-order valence-electron chi connectivity index (χ4n) is 2.77. The van der Waals surface area contributed by atoms with Gasteiger partial charge in [0, 0.05) is 0 Å². The number of rotatable bonds is 4. The molecular formula is C17H22O2. The summed E-state index contributed by atoms with van der Waals surface area (Å²) in [4.78, 5) is 12.5. The van der Waals surface area contributed by atoms with Crippen LogP contribution < -0.4 is 0 Å². The average molecular weight is 258 g/mol. The molecule has 0 saturated heterocycles. The molecular weight excluding hydrogens is 236 g/mol. The Morgan fingerprint density at radius 2 is 2.00 bits per heavy atom. The van der Waals surface area contributed by atoms with E-state index in [1.807, 2.05) is 44.2 Å². The van der Waals surface area contributed by atoms with Gasteiger partial charge in [0.1, 0.15) is 5.41 Å². The average Bonchev–Trinajstić information content (AvgIpc) is 2.48. The maximum Gasteiger partial charge on any atom is 0.320 e. The molecule has 2 heteroatoms. The van der Waals surface area contributed by atoms with E-state index in [1.165, 1.54) is 12.0 Å². The molecule has 0 radical (unpaired) electrons. The molecule has 2 rings (SSSR count). The molecule has 1 aliphatic carbocycles. The van der Waals surface area contributed by atoms with Crippen molar-refractivity contribution in [3.8, 4) is 0 Å². The Balaban J connectivity index is 2.43. The number of hydrogen-bond acceptors (Lipinski definition) is 2. The first-order valence-corrected chi connectivity index (χ1v) is 7.12. The third-order valence-electron chi connectivity index (χ3n) is 3.97. The minimum atomic E-state index is -0.627. The fourth-order valence-corrected chi connectivity index (χ4v) is 2.77. The highest BCUT2D eigenvalue weighted by molar-refractivity contribution is 5.87. The van der Waals surface area contributed by atoms with Crippen LogP contribution in [0.1, 0.15) is 45.1 Å². The van der Waals surface area contributed by atoms with E-state index in [9.17, 15) is 4.79 Å². The Kier molecular flexibility index (Phi) is 4.41. The predicted octanol–water partition coefficient (Wildman–Crippen LogP) is 4.01. The second-order valence-corrected chi connectivity index (χ2v) is 5.19. The SMILES string of the molecule is CCOC(=O)C(C)(C1=CCCCC1)c1ccccc1. The zero-order valence-corrected chi connectivity index (χ0v) is 11.8. The number of carbonyl (C=O) groups excluding carboxylic acids is 1. The molecule has 0 N–H and O–H groups in total. The van der Waals surface area contributed by atoms with Crippen molar-refractivity contribution in [2.45, 2.75) is 44.9 Å². The number of carbonyl (C=O) groups is 1. The zero-order valence-electron chi connectivity index (χ0n) is 11.8. The van der Waals surface area contributed by atoms with Gasteiger partial charge in [0.2, 0.25) is 0 Å². The Morgan fingerprint density at radius 1 is 1.26 bits per heavy atom. The maximum absolute atomic E-state index is 12.5. The summed E-state index contributed by atoms with van der Waals surface area (Å²) in [7, 11) is 0. The lowest BCUT2D eigenvalue weighted by molar-refractivity contribution is -0.148. The molecule has 0 spiro atoms. The van der Waals surface area contributed by atoms with Gasteiger partial charge in [0.05, 0.1) is 6.61 Å². The third-order valence-corrected chi connectivity index (χ3v) is 3.97. The topological polar surface area (TPSA) is 26.3 Å². The molecule has 19 heavy (non-hydrogen) atoms. The summed E-state index contributed by atoms with van der Waals surface area (Å²) in [5, 5.41) is 0. The summed E-state index contributed by atoms with van der Waals surface area (Å²) in [6.45, 7) is 4.28. The lowest BCUT2D eigenvalue weighted by Gasteiger charge is -2.32. The summed E-state index contributed by atoms with van der Waals surface area (Å²) in [6.07, 6.45) is 6.67. The van der Waals surface area contributed by atoms with Gasteiger partial charge in [-0.25, -0.2) is 0 Å². The van der Waals surface area contributed by atoms with Crippen molar-refractivity contribution < 1.29 is 9.53 Å². The van der Waals surface area contributed by atoms with E-state index in [4.69, 9.17) is 4.74 Å². The van der Waals surface area contributed by atoms with Gasteiger partial charge in [-0.1, -0.05) is 42.0 Å². The highest BCUT2D eigenvalue weighted by atomic mass is 16.5. The van der Waals surface area contributed by atoms with Gasteiger partial charge in [-0.3, -0.25) is 4.79 Å². The van der Waals surface area contributed by atoms with E-state index in [2.05, 4.69) is 6.08 Å². The molecule has 1 unspecified atom stereocenters. The summed E-state index contributed by atoms with van der Waals surface area (Å²) in [5.41, 5.74) is 1.61. The van der Waals surface area contributed by atoms with E-state index in [1.54, 1.807) is 0 Å². The van der Waals surface area contributed by atoms with Crippen molar-refractivity contribution in [2.75, 3.05) is 6.61 Å². The smallest absolute Gasteiger partial charge is 0.320 e. The van der Waals surface area contributed by atoms with Crippen LogP contribution in [0.25, 0.3) is 0 Å². The normalized spacial score (nSPS) is 18.3. The van der Waals surface area contributed by atoms with E-state index in [-0.39, 0.29) is 5.97 Å². The quantitative estimate of drug-likeness (QED) is 0.602. The lowest BCUT2D eigenvalue weighted by atomic mass is 9.72. The Bertz CT molecular complexity index is 461. The second-order valence-electron chi connectivity index (χ2n) is 5.19. The second kappa shape index (κ2) is 6.05. The molecule has 1 aliphatic rings. The lowest BCUT2D eigenvalue weighted by Crippen LogP contribution is -2.37. The van der Waals surface area contributed by atoms with Crippen LogP contribution in [0, 0.1) is 0 Å². The van der Waals surface area contributed by atoms with Crippen LogP contribution in [0.5, 0.6) is 0 Å². The van der Waals surface area contributed by atoms with E-state index in [0.29, 0.717) is 6.61 Å². The van der Waals surface area contributed by atoms with Crippen molar-refractivity contribution in [1.29, 1.82) is 0 Å². The predicted molar refractivity (Wildman–Crippen MR) is 77.0 cm³/mol. The third kappa shape index (κ3) is 2.73. The summed E-state index contributed by atoms with van der Waals surface area (Å²) >= 11 is 0. The van der Waals surface area contributed by atoms with Gasteiger partial charge in [0.15, 0.2) is 0 Å². The van der Waals surface area contributed by atoms with Crippen LogP contribution in [-0.4, -0.2) is 12.6 Å². The summed E-state index contributed by atoms with van der Waals surface area (Å²) in [5.74, 6) is -0.130. The van der Waals surface area contributed by atoms with Gasteiger partial charge in [-0.15, -0.1) is 0 Å². The highest BCUT2D eigenvalue weighted by Gasteiger charge is 2.40. The van der Waals surface area contributed by atoms with E-state index < -0.39 is 5.41 Å². The molecule has 1 aromatic carbocycles. The van der Waals surface area contributed by atoms with Crippen LogP contribution in [0.15, 0.2) is 42.0 Å². The molecule has 1 atom stereocenters. The number of ether oxygens (including phenoxy) is 1. The van der Waals surface area contributed by atoms with Crippen molar-refractivity contribution >= 4 is 5.97 Å². The van der Waals surface area contributed by atoms with Crippen molar-refractivity contribution in [3.05, 3.63) is 47.5 Å². The number of allylic oxidation sites excluding steroid dienone is 1. The first-order chi connectivity index (χ1) is 9.19. The van der Waals surface area contributed by atoms with E-state index >= 15 is 0 Å². The first-order valence-electron chi connectivity index (χ1n) is 7.12. The van der Waals surface area contributed by atoms with Crippen LogP contribution >= 0.6 is 0 Å². The molecule has 0 amide bonds. The van der Waals surface area contributed by atoms with E-state index in [0.717, 1.165) is 24.8 Å². The first kappa shape index (κ1) is 13.9. The Labute approximate surface area is 115 Å². The molecule has 102 valence electrons. The Morgan fingerprint density at radius 3 is 2.58 bits per heavy atom. The molecule has 0 fully saturated rings. The molecule has 1 aromatic rings. The molecule has 2 nitrogen and oxygen atoms in total. The van der Waals surface area contributed by atoms with Gasteiger partial charge in [-0.2, -0.15) is 0 Å². The van der Waals surface area contributed by atoms with Gasteiger partial charge in [0.25, 0.3) is 0 Å². The van der Waals surface area contributed by atoms with Gasteiger partial charge < -0.3 is 4.74 Å². The van der Waals surface area contributed by atoms with Crippen molar-refractivity contribution in [2.24, 2.45) is 0 Å². The largest absolute Gasteiger partial charge is 0.465 e. The number of hydrogen-bond donors (Lipinski definition) is 0. The molecule has 0 aliphatic heterocycles. The number of esters is 1. The van der Waals surface area contributed by atoms with Crippen LogP contribution in [0.4, 0.5) is 0 Å². The monoisotopic (exact) mass is 258 g/mol. The standard InChI is InChI=1S/C17H22O2/c1-3-19-16(18)17(2,14-10-6-4-7-11-14)15-12-8-5-9-13-15/h4,6-7,10-12H,3,5,8-9,13H2,1-2H3. The Hall–Kier alpha value is -1.57. The zero-order chi connectivity index (χ0) is 13.7. The maximum atomic E-state index is 12.5. The molecule has 0 bridgehead atoms. The molecule has 0 saturated carbocycles. The summed E-state index contributed by atoms with van der Waals surface area (Å²) in [6, 6.07) is 9.98. The van der Waals surface area contributed by atoms with Gasteiger partial charge >= 0.3 is 5.97 Å². The van der Waals surface area contributed by atoms with Gasteiger partial charge in [-0.05, 0) is 45.1 Å².